The number of rotatable bonds is 2. The first kappa shape index (κ1) is 9.86. The average Bonchev–Trinajstić information content (AvgIpc) is 2.29. The van der Waals surface area contributed by atoms with Crippen LogP contribution in [0.5, 0.6) is 5.75 Å². The highest BCUT2D eigenvalue weighted by molar-refractivity contribution is 7.71. The first-order valence-corrected chi connectivity index (χ1v) is 4.90. The van der Waals surface area contributed by atoms with Gasteiger partial charge < -0.3 is 9.72 Å². The van der Waals surface area contributed by atoms with E-state index in [1.54, 1.807) is 19.5 Å². The predicted molar refractivity (Wildman–Crippen MR) is 61.4 cm³/mol. The third kappa shape index (κ3) is 2.05. The Hall–Kier alpha value is -1.68. The number of nitrogens with one attached hydrogen (secondary N) is 1. The van der Waals surface area contributed by atoms with Crippen LogP contribution in [-0.2, 0) is 0 Å². The fraction of sp³-hybridized carbons (Fsp3) is 0.0909. The van der Waals surface area contributed by atoms with Gasteiger partial charge in [0.2, 0.25) is 0 Å². The molecule has 0 saturated heterocycles. The zero-order valence-corrected chi connectivity index (χ0v) is 9.04. The zero-order valence-electron chi connectivity index (χ0n) is 8.23. The first-order valence-electron chi connectivity index (χ1n) is 4.49. The van der Waals surface area contributed by atoms with Crippen molar-refractivity contribution in [1.82, 2.24) is 9.97 Å². The number of aromatic amines is 1. The molecule has 0 spiro atoms. The molecule has 0 bridgehead atoms. The monoisotopic (exact) mass is 218 g/mol. The smallest absolute Gasteiger partial charge is 0.128 e. The molecule has 0 unspecified atom stereocenters. The fourth-order valence-electron chi connectivity index (χ4n) is 1.38. The van der Waals surface area contributed by atoms with Crippen molar-refractivity contribution in [1.29, 1.82) is 0 Å². The second-order valence-corrected chi connectivity index (χ2v) is 3.45. The van der Waals surface area contributed by atoms with Crippen LogP contribution >= 0.6 is 12.2 Å². The van der Waals surface area contributed by atoms with Gasteiger partial charge in [-0.05, 0) is 12.1 Å². The van der Waals surface area contributed by atoms with Crippen molar-refractivity contribution in [3.8, 4) is 17.0 Å². The van der Waals surface area contributed by atoms with Crippen molar-refractivity contribution in [2.75, 3.05) is 7.11 Å². The molecule has 15 heavy (non-hydrogen) atoms. The Morgan fingerprint density at radius 3 is 2.80 bits per heavy atom. The molecule has 1 aromatic heterocycles. The van der Waals surface area contributed by atoms with Crippen molar-refractivity contribution in [3.05, 3.63) is 41.3 Å². The van der Waals surface area contributed by atoms with Gasteiger partial charge in [0.15, 0.2) is 0 Å². The van der Waals surface area contributed by atoms with Crippen molar-refractivity contribution < 1.29 is 4.74 Å². The van der Waals surface area contributed by atoms with Crippen LogP contribution in [0.2, 0.25) is 0 Å². The van der Waals surface area contributed by atoms with Crippen molar-refractivity contribution in [3.63, 3.8) is 0 Å². The number of hydrogen-bond donors (Lipinski definition) is 1. The minimum atomic E-state index is 0.610. The lowest BCUT2D eigenvalue weighted by atomic mass is 10.1. The van der Waals surface area contributed by atoms with Gasteiger partial charge in [0.25, 0.3) is 0 Å². The minimum absolute atomic E-state index is 0.610. The fourth-order valence-corrected chi connectivity index (χ4v) is 1.55. The second-order valence-electron chi connectivity index (χ2n) is 3.01. The summed E-state index contributed by atoms with van der Waals surface area (Å²) < 4.78 is 5.87. The molecule has 0 aliphatic carbocycles. The Bertz CT molecular complexity index is 522. The molecule has 3 nitrogen and oxygen atoms in total. The van der Waals surface area contributed by atoms with Gasteiger partial charge in [-0.25, -0.2) is 0 Å². The van der Waals surface area contributed by atoms with Crippen LogP contribution in [0, 0.1) is 4.64 Å². The SMILES string of the molecule is COc1ccccc1-c1cncc(=S)[nH]1. The van der Waals surface area contributed by atoms with Crippen LogP contribution in [0.15, 0.2) is 36.7 Å². The summed E-state index contributed by atoms with van der Waals surface area (Å²) in [5, 5.41) is 0. The van der Waals surface area contributed by atoms with Crippen molar-refractivity contribution >= 4 is 12.2 Å². The largest absolute Gasteiger partial charge is 0.496 e. The number of ether oxygens (including phenoxy) is 1. The van der Waals surface area contributed by atoms with Crippen LogP contribution in [0.1, 0.15) is 0 Å². The van der Waals surface area contributed by atoms with E-state index in [0.717, 1.165) is 17.0 Å². The number of benzene rings is 1. The maximum Gasteiger partial charge on any atom is 0.128 e. The van der Waals surface area contributed by atoms with Crippen molar-refractivity contribution in [2.24, 2.45) is 0 Å². The number of H-pyrrole nitrogens is 1. The highest BCUT2D eigenvalue weighted by atomic mass is 32.1. The molecule has 0 atom stereocenters. The van der Waals surface area contributed by atoms with Crippen molar-refractivity contribution in [2.45, 2.75) is 0 Å². The summed E-state index contributed by atoms with van der Waals surface area (Å²) >= 11 is 5.02. The van der Waals surface area contributed by atoms with Crippen LogP contribution in [0.25, 0.3) is 11.3 Å². The van der Waals surface area contributed by atoms with Crippen LogP contribution < -0.4 is 4.74 Å². The highest BCUT2D eigenvalue weighted by Gasteiger charge is 2.04. The van der Waals surface area contributed by atoms with Crippen LogP contribution in [-0.4, -0.2) is 17.1 Å². The second kappa shape index (κ2) is 4.23. The molecule has 1 N–H and O–H groups in total. The molecular weight excluding hydrogens is 208 g/mol. The Morgan fingerprint density at radius 1 is 1.27 bits per heavy atom. The molecule has 2 rings (SSSR count). The minimum Gasteiger partial charge on any atom is -0.496 e. The summed E-state index contributed by atoms with van der Waals surface area (Å²) in [7, 11) is 1.64. The maximum absolute atomic E-state index is 5.26. The molecular formula is C11H10N2OS. The van der Waals surface area contributed by atoms with E-state index in [9.17, 15) is 0 Å². The summed E-state index contributed by atoms with van der Waals surface area (Å²) in [6.07, 6.45) is 3.34. The molecule has 0 fully saturated rings. The van der Waals surface area contributed by atoms with E-state index in [1.165, 1.54) is 0 Å². The molecule has 0 saturated carbocycles. The molecule has 1 aromatic carbocycles. The van der Waals surface area contributed by atoms with Gasteiger partial charge in [0.05, 0.1) is 25.2 Å². The van der Waals surface area contributed by atoms with Gasteiger partial charge in [0.1, 0.15) is 10.4 Å². The highest BCUT2D eigenvalue weighted by Crippen LogP contribution is 2.26. The van der Waals surface area contributed by atoms with E-state index < -0.39 is 0 Å². The van der Waals surface area contributed by atoms with Crippen LogP contribution in [0.3, 0.4) is 0 Å². The third-order valence-electron chi connectivity index (χ3n) is 2.05. The van der Waals surface area contributed by atoms with Crippen LogP contribution in [0.4, 0.5) is 0 Å². The topological polar surface area (TPSA) is 37.9 Å². The van der Waals surface area contributed by atoms with Gasteiger partial charge in [-0.3, -0.25) is 4.98 Å². The summed E-state index contributed by atoms with van der Waals surface area (Å²) in [6, 6.07) is 7.73. The van der Waals surface area contributed by atoms with Gasteiger partial charge in [-0.2, -0.15) is 0 Å². The summed E-state index contributed by atoms with van der Waals surface area (Å²) in [5.74, 6) is 0.802. The quantitative estimate of drug-likeness (QED) is 0.788. The van der Waals surface area contributed by atoms with Gasteiger partial charge in [-0.15, -0.1) is 0 Å². The molecule has 0 radical (unpaired) electrons. The predicted octanol–water partition coefficient (Wildman–Crippen LogP) is 2.81. The van der Waals surface area contributed by atoms with E-state index in [4.69, 9.17) is 17.0 Å². The number of para-hydroxylation sites is 1. The first-order chi connectivity index (χ1) is 7.31. The average molecular weight is 218 g/mol. The molecule has 0 amide bonds. The van der Waals surface area contributed by atoms with E-state index >= 15 is 0 Å². The molecule has 1 heterocycles. The molecule has 76 valence electrons. The maximum atomic E-state index is 5.26. The number of aromatic nitrogens is 2. The summed E-state index contributed by atoms with van der Waals surface area (Å²) in [6.45, 7) is 0. The lowest BCUT2D eigenvalue weighted by molar-refractivity contribution is 0.416. The number of hydrogen-bond acceptors (Lipinski definition) is 3. The Kier molecular flexibility index (Phi) is 2.78. The van der Waals surface area contributed by atoms with Gasteiger partial charge in [-0.1, -0.05) is 24.4 Å². The lowest BCUT2D eigenvalue weighted by Gasteiger charge is -2.07. The summed E-state index contributed by atoms with van der Waals surface area (Å²) in [5.41, 5.74) is 1.82. The molecule has 0 aliphatic heterocycles. The molecule has 0 aliphatic rings. The molecule has 2 aromatic rings. The number of methoxy groups -OCH3 is 1. The Balaban J connectivity index is 2.58. The number of nitrogens with zero attached hydrogens (tertiary/aromatic N) is 1. The van der Waals surface area contributed by atoms with E-state index in [0.29, 0.717) is 4.64 Å². The van der Waals surface area contributed by atoms with E-state index in [-0.39, 0.29) is 0 Å². The zero-order chi connectivity index (χ0) is 10.7. The lowest BCUT2D eigenvalue weighted by Crippen LogP contribution is -1.90. The standard InChI is InChI=1S/C11H10N2OS/c1-14-10-5-3-2-4-8(10)9-6-12-7-11(15)13-9/h2-7H,1H3,(H,13,15). The normalized spacial score (nSPS) is 9.93. The van der Waals surface area contributed by atoms with Gasteiger partial charge in [0, 0.05) is 5.56 Å². The Morgan fingerprint density at radius 2 is 2.07 bits per heavy atom. The third-order valence-corrected chi connectivity index (χ3v) is 2.26. The van der Waals surface area contributed by atoms with Gasteiger partial charge >= 0.3 is 0 Å². The van der Waals surface area contributed by atoms with E-state index in [1.807, 2.05) is 24.3 Å². The molecule has 4 heteroatoms. The van der Waals surface area contributed by atoms with E-state index in [2.05, 4.69) is 9.97 Å². The Labute approximate surface area is 92.8 Å². The summed E-state index contributed by atoms with van der Waals surface area (Å²) in [4.78, 5) is 7.12.